The predicted molar refractivity (Wildman–Crippen MR) is 84.7 cm³/mol. The number of aromatic nitrogens is 1. The molecule has 0 aliphatic carbocycles. The normalized spacial score (nSPS) is 20.4. The Balaban J connectivity index is 2.36. The van der Waals surface area contributed by atoms with Crippen molar-refractivity contribution in [1.82, 2.24) is 9.29 Å². The monoisotopic (exact) mass is 377 g/mol. The Hall–Kier alpha value is -0.700. The molecule has 2 heterocycles. The second-order valence-corrected chi connectivity index (χ2v) is 7.91. The summed E-state index contributed by atoms with van der Waals surface area (Å²) in [5, 5.41) is 12.3. The number of rotatable bonds is 5. The Morgan fingerprint density at radius 3 is 3.00 bits per heavy atom. The SMILES string of the molecule is CCNc1ncc(Br)cc1S(=O)(=O)N1CCCC(CO)C1. The van der Waals surface area contributed by atoms with E-state index in [2.05, 4.69) is 26.2 Å². The van der Waals surface area contributed by atoms with Gasteiger partial charge in [0.05, 0.1) is 0 Å². The van der Waals surface area contributed by atoms with E-state index in [0.29, 0.717) is 29.9 Å². The highest BCUT2D eigenvalue weighted by Gasteiger charge is 2.32. The molecule has 1 unspecified atom stereocenters. The van der Waals surface area contributed by atoms with Gasteiger partial charge < -0.3 is 10.4 Å². The highest BCUT2D eigenvalue weighted by Crippen LogP contribution is 2.29. The summed E-state index contributed by atoms with van der Waals surface area (Å²) in [6.45, 7) is 3.34. The zero-order valence-corrected chi connectivity index (χ0v) is 14.3. The lowest BCUT2D eigenvalue weighted by atomic mass is 10.0. The van der Waals surface area contributed by atoms with Crippen molar-refractivity contribution < 1.29 is 13.5 Å². The molecule has 2 rings (SSSR count). The maximum absolute atomic E-state index is 12.8. The largest absolute Gasteiger partial charge is 0.396 e. The summed E-state index contributed by atoms with van der Waals surface area (Å²) < 4.78 is 27.7. The van der Waals surface area contributed by atoms with Crippen molar-refractivity contribution in [2.75, 3.05) is 31.6 Å². The van der Waals surface area contributed by atoms with Gasteiger partial charge in [-0.1, -0.05) is 0 Å². The average molecular weight is 378 g/mol. The van der Waals surface area contributed by atoms with Gasteiger partial charge in [0.2, 0.25) is 10.0 Å². The lowest BCUT2D eigenvalue weighted by Gasteiger charge is -2.31. The minimum Gasteiger partial charge on any atom is -0.396 e. The summed E-state index contributed by atoms with van der Waals surface area (Å²) in [6, 6.07) is 1.57. The first-order chi connectivity index (χ1) is 9.98. The standard InChI is InChI=1S/C13H20BrN3O3S/c1-2-15-13-12(6-11(14)7-16-13)21(19,20)17-5-3-4-10(8-17)9-18/h6-7,10,18H,2-5,8-9H2,1H3,(H,15,16). The Labute approximate surface area is 133 Å². The summed E-state index contributed by atoms with van der Waals surface area (Å²) in [6.07, 6.45) is 3.20. The first-order valence-corrected chi connectivity index (χ1v) is 9.22. The Morgan fingerprint density at radius 1 is 1.57 bits per heavy atom. The van der Waals surface area contributed by atoms with E-state index in [4.69, 9.17) is 0 Å². The van der Waals surface area contributed by atoms with Crippen LogP contribution in [0, 0.1) is 5.92 Å². The first kappa shape index (κ1) is 16.7. The molecule has 1 atom stereocenters. The maximum atomic E-state index is 12.8. The second-order valence-electron chi connectivity index (χ2n) is 5.08. The third-order valence-electron chi connectivity index (χ3n) is 3.52. The molecule has 1 aromatic heterocycles. The van der Waals surface area contributed by atoms with Crippen molar-refractivity contribution in [3.8, 4) is 0 Å². The van der Waals surface area contributed by atoms with Gasteiger partial charge in [-0.2, -0.15) is 4.31 Å². The van der Waals surface area contributed by atoms with Crippen molar-refractivity contribution in [2.24, 2.45) is 5.92 Å². The van der Waals surface area contributed by atoms with E-state index in [0.717, 1.165) is 12.8 Å². The number of piperidine rings is 1. The van der Waals surface area contributed by atoms with Gasteiger partial charge in [-0.3, -0.25) is 0 Å². The number of sulfonamides is 1. The Bertz CT molecular complexity index is 594. The molecule has 21 heavy (non-hydrogen) atoms. The highest BCUT2D eigenvalue weighted by molar-refractivity contribution is 9.10. The number of anilines is 1. The third-order valence-corrected chi connectivity index (χ3v) is 5.83. The van der Waals surface area contributed by atoms with Gasteiger partial charge in [0.15, 0.2) is 0 Å². The molecule has 1 aliphatic rings. The highest BCUT2D eigenvalue weighted by atomic mass is 79.9. The summed E-state index contributed by atoms with van der Waals surface area (Å²) in [7, 11) is -3.61. The number of aliphatic hydroxyl groups is 1. The van der Waals surface area contributed by atoms with E-state index in [-0.39, 0.29) is 17.4 Å². The molecule has 0 saturated carbocycles. The van der Waals surface area contributed by atoms with Gasteiger partial charge in [0.1, 0.15) is 10.7 Å². The van der Waals surface area contributed by atoms with E-state index in [1.54, 1.807) is 12.3 Å². The molecule has 0 amide bonds. The van der Waals surface area contributed by atoms with Crippen LogP contribution in [0.15, 0.2) is 21.6 Å². The van der Waals surface area contributed by atoms with Crippen molar-refractivity contribution in [3.05, 3.63) is 16.7 Å². The van der Waals surface area contributed by atoms with Gasteiger partial charge in [-0.25, -0.2) is 13.4 Å². The van der Waals surface area contributed by atoms with Gasteiger partial charge in [-0.15, -0.1) is 0 Å². The van der Waals surface area contributed by atoms with Gasteiger partial charge in [-0.05, 0) is 47.7 Å². The van der Waals surface area contributed by atoms with Gasteiger partial charge in [0.25, 0.3) is 0 Å². The van der Waals surface area contributed by atoms with E-state index in [1.807, 2.05) is 6.92 Å². The van der Waals surface area contributed by atoms with E-state index in [1.165, 1.54) is 4.31 Å². The average Bonchev–Trinajstić information content (AvgIpc) is 2.49. The lowest BCUT2D eigenvalue weighted by molar-refractivity contribution is 0.165. The summed E-state index contributed by atoms with van der Waals surface area (Å²) in [4.78, 5) is 4.33. The number of halogens is 1. The van der Waals surface area contributed by atoms with Crippen LogP contribution in [-0.2, 0) is 10.0 Å². The minimum atomic E-state index is -3.61. The predicted octanol–water partition coefficient (Wildman–Crippen LogP) is 1.67. The fourth-order valence-corrected chi connectivity index (χ4v) is 4.63. The van der Waals surface area contributed by atoms with Gasteiger partial charge in [0, 0.05) is 36.9 Å². The van der Waals surface area contributed by atoms with Crippen molar-refractivity contribution in [1.29, 1.82) is 0 Å². The van der Waals surface area contributed by atoms with E-state index in [9.17, 15) is 13.5 Å². The summed E-state index contributed by atoms with van der Waals surface area (Å²) >= 11 is 3.28. The molecule has 0 spiro atoms. The van der Waals surface area contributed by atoms with Crippen LogP contribution in [-0.4, -0.2) is 49.1 Å². The Morgan fingerprint density at radius 2 is 2.33 bits per heavy atom. The maximum Gasteiger partial charge on any atom is 0.246 e. The number of aliphatic hydroxyl groups excluding tert-OH is 1. The molecular weight excluding hydrogens is 358 g/mol. The molecule has 2 N–H and O–H groups in total. The van der Waals surface area contributed by atoms with Crippen LogP contribution < -0.4 is 5.32 Å². The van der Waals surface area contributed by atoms with Crippen LogP contribution >= 0.6 is 15.9 Å². The fourth-order valence-electron chi connectivity index (χ4n) is 2.45. The quantitative estimate of drug-likeness (QED) is 0.815. The smallest absolute Gasteiger partial charge is 0.246 e. The minimum absolute atomic E-state index is 0.0104. The van der Waals surface area contributed by atoms with Crippen LogP contribution in [0.2, 0.25) is 0 Å². The molecule has 1 saturated heterocycles. The molecule has 118 valence electrons. The zero-order valence-electron chi connectivity index (χ0n) is 11.9. The van der Waals surface area contributed by atoms with Crippen LogP contribution in [0.5, 0.6) is 0 Å². The van der Waals surface area contributed by atoms with Gasteiger partial charge >= 0.3 is 0 Å². The van der Waals surface area contributed by atoms with Crippen molar-refractivity contribution in [2.45, 2.75) is 24.7 Å². The van der Waals surface area contributed by atoms with E-state index < -0.39 is 10.0 Å². The van der Waals surface area contributed by atoms with E-state index >= 15 is 0 Å². The summed E-state index contributed by atoms with van der Waals surface area (Å²) in [5.74, 6) is 0.378. The molecule has 0 bridgehead atoms. The molecule has 8 heteroatoms. The number of hydrogen-bond donors (Lipinski definition) is 2. The fraction of sp³-hybridized carbons (Fsp3) is 0.615. The lowest BCUT2D eigenvalue weighted by Crippen LogP contribution is -2.41. The van der Waals surface area contributed by atoms with Crippen molar-refractivity contribution in [3.63, 3.8) is 0 Å². The summed E-state index contributed by atoms with van der Waals surface area (Å²) in [5.41, 5.74) is 0. The first-order valence-electron chi connectivity index (χ1n) is 6.99. The molecule has 1 aliphatic heterocycles. The Kier molecular flexibility index (Phi) is 5.59. The van der Waals surface area contributed by atoms with Crippen LogP contribution in [0.1, 0.15) is 19.8 Å². The van der Waals surface area contributed by atoms with Crippen molar-refractivity contribution >= 4 is 31.8 Å². The number of pyridine rings is 1. The second kappa shape index (κ2) is 7.04. The number of nitrogens with one attached hydrogen (secondary N) is 1. The zero-order chi connectivity index (χ0) is 15.5. The molecule has 0 radical (unpaired) electrons. The van der Waals surface area contributed by atoms with Crippen LogP contribution in [0.3, 0.4) is 0 Å². The number of hydrogen-bond acceptors (Lipinski definition) is 5. The topological polar surface area (TPSA) is 82.5 Å². The third kappa shape index (κ3) is 3.74. The molecular formula is C13H20BrN3O3S. The molecule has 1 fully saturated rings. The van der Waals surface area contributed by atoms with Crippen LogP contribution in [0.4, 0.5) is 5.82 Å². The molecule has 1 aromatic rings. The van der Waals surface area contributed by atoms with Crippen LogP contribution in [0.25, 0.3) is 0 Å². The number of nitrogens with zero attached hydrogens (tertiary/aromatic N) is 2. The molecule has 0 aromatic carbocycles. The molecule has 6 nitrogen and oxygen atoms in total.